The lowest BCUT2D eigenvalue weighted by molar-refractivity contribution is -0.124. The average molecular weight is 469 g/mol. The summed E-state index contributed by atoms with van der Waals surface area (Å²) in [5, 5.41) is 7.10. The molecule has 0 bridgehead atoms. The molecule has 0 unspecified atom stereocenters. The van der Waals surface area contributed by atoms with Gasteiger partial charge in [0.15, 0.2) is 0 Å². The normalized spacial score (nSPS) is 10.6. The Kier molecular flexibility index (Phi) is 8.28. The summed E-state index contributed by atoms with van der Waals surface area (Å²) in [5.41, 5.74) is 3.61. The second-order valence-electron chi connectivity index (χ2n) is 5.58. The van der Waals surface area contributed by atoms with Crippen LogP contribution in [0.25, 0.3) is 0 Å². The van der Waals surface area contributed by atoms with E-state index in [1.807, 2.05) is 0 Å². The highest BCUT2D eigenvalue weighted by molar-refractivity contribution is 9.10. The van der Waals surface area contributed by atoms with E-state index in [1.165, 1.54) is 13.3 Å². The number of carbonyl (C=O) groups excluding carboxylic acids is 2. The first kappa shape index (κ1) is 21.7. The Balaban J connectivity index is 1.85. The lowest BCUT2D eigenvalue weighted by Gasteiger charge is -2.09. The summed E-state index contributed by atoms with van der Waals surface area (Å²) in [5.74, 6) is 0.480. The van der Waals surface area contributed by atoms with Crippen molar-refractivity contribution in [1.82, 2.24) is 5.43 Å². The first-order chi connectivity index (χ1) is 13.4. The van der Waals surface area contributed by atoms with Crippen molar-refractivity contribution in [2.45, 2.75) is 12.8 Å². The zero-order chi connectivity index (χ0) is 20.5. The van der Waals surface area contributed by atoms with Gasteiger partial charge in [0.05, 0.1) is 24.9 Å². The van der Waals surface area contributed by atoms with Crippen molar-refractivity contribution in [3.05, 3.63) is 51.5 Å². The van der Waals surface area contributed by atoms with Crippen molar-refractivity contribution in [3.63, 3.8) is 0 Å². The average Bonchev–Trinajstić information content (AvgIpc) is 2.66. The van der Waals surface area contributed by atoms with Crippen LogP contribution in [0.3, 0.4) is 0 Å². The molecule has 28 heavy (non-hydrogen) atoms. The van der Waals surface area contributed by atoms with Crippen LogP contribution >= 0.6 is 27.5 Å². The van der Waals surface area contributed by atoms with Gasteiger partial charge in [-0.1, -0.05) is 17.7 Å². The van der Waals surface area contributed by atoms with Crippen molar-refractivity contribution < 1.29 is 19.1 Å². The van der Waals surface area contributed by atoms with Crippen LogP contribution in [-0.2, 0) is 9.59 Å². The minimum atomic E-state index is -0.385. The molecule has 0 fully saturated rings. The van der Waals surface area contributed by atoms with Gasteiger partial charge in [-0.3, -0.25) is 9.59 Å². The third-order valence-electron chi connectivity index (χ3n) is 3.58. The maximum Gasteiger partial charge on any atom is 0.240 e. The largest absolute Gasteiger partial charge is 0.496 e. The molecule has 0 aromatic heterocycles. The summed E-state index contributed by atoms with van der Waals surface area (Å²) in [6.07, 6.45) is 1.46. The lowest BCUT2D eigenvalue weighted by atomic mass is 10.2. The van der Waals surface area contributed by atoms with Crippen LogP contribution in [-0.4, -0.2) is 32.2 Å². The zero-order valence-corrected chi connectivity index (χ0v) is 17.6. The SMILES string of the molecule is COc1cc(OC)c(/C=N/NC(=O)CCC(=O)Nc2cccc(Cl)c2)cc1Br. The van der Waals surface area contributed by atoms with Crippen LogP contribution in [0.15, 0.2) is 46.0 Å². The number of hydrogen-bond donors (Lipinski definition) is 2. The number of hydrogen-bond acceptors (Lipinski definition) is 5. The van der Waals surface area contributed by atoms with Gasteiger partial charge in [0.1, 0.15) is 11.5 Å². The van der Waals surface area contributed by atoms with E-state index >= 15 is 0 Å². The fourth-order valence-electron chi connectivity index (χ4n) is 2.23. The van der Waals surface area contributed by atoms with Crippen LogP contribution in [0.2, 0.25) is 5.02 Å². The predicted molar refractivity (Wildman–Crippen MR) is 112 cm³/mol. The molecular formula is C19H19BrClN3O4. The minimum absolute atomic E-state index is 0.00676. The van der Waals surface area contributed by atoms with E-state index < -0.39 is 0 Å². The standard InChI is InChI=1S/C19H19BrClN3O4/c1-27-16-10-17(28-2)15(20)8-12(16)11-22-24-19(26)7-6-18(25)23-14-5-3-4-13(21)9-14/h3-5,8-11H,6-7H2,1-2H3,(H,23,25)(H,24,26)/b22-11+. The number of rotatable bonds is 8. The molecule has 2 N–H and O–H groups in total. The van der Waals surface area contributed by atoms with E-state index in [0.29, 0.717) is 27.8 Å². The highest BCUT2D eigenvalue weighted by Gasteiger charge is 2.09. The molecule has 0 aliphatic rings. The first-order valence-electron chi connectivity index (χ1n) is 8.21. The van der Waals surface area contributed by atoms with Crippen LogP contribution < -0.4 is 20.2 Å². The number of carbonyl (C=O) groups is 2. The molecule has 2 amide bonds. The Morgan fingerprint density at radius 2 is 1.82 bits per heavy atom. The summed E-state index contributed by atoms with van der Waals surface area (Å²) in [6.45, 7) is 0. The van der Waals surface area contributed by atoms with Crippen molar-refractivity contribution in [2.24, 2.45) is 5.10 Å². The predicted octanol–water partition coefficient (Wildman–Crippen LogP) is 3.99. The van der Waals surface area contributed by atoms with E-state index in [-0.39, 0.29) is 24.7 Å². The quantitative estimate of drug-likeness (QED) is 0.453. The molecule has 2 aromatic carbocycles. The molecule has 7 nitrogen and oxygen atoms in total. The Morgan fingerprint density at radius 1 is 1.11 bits per heavy atom. The van der Waals surface area contributed by atoms with Gasteiger partial charge in [0.25, 0.3) is 0 Å². The fraction of sp³-hybridized carbons (Fsp3) is 0.211. The van der Waals surface area contributed by atoms with E-state index in [1.54, 1.807) is 43.5 Å². The van der Waals surface area contributed by atoms with Crippen LogP contribution in [0.4, 0.5) is 5.69 Å². The number of benzene rings is 2. The number of halogens is 2. The second-order valence-corrected chi connectivity index (χ2v) is 6.87. The van der Waals surface area contributed by atoms with Gasteiger partial charge >= 0.3 is 0 Å². The monoisotopic (exact) mass is 467 g/mol. The number of anilines is 1. The first-order valence-corrected chi connectivity index (χ1v) is 9.39. The van der Waals surface area contributed by atoms with Crippen molar-refractivity contribution in [2.75, 3.05) is 19.5 Å². The summed E-state index contributed by atoms with van der Waals surface area (Å²) in [4.78, 5) is 23.8. The van der Waals surface area contributed by atoms with Gasteiger partial charge in [-0.2, -0.15) is 5.10 Å². The van der Waals surface area contributed by atoms with Crippen molar-refractivity contribution in [1.29, 1.82) is 0 Å². The Labute approximate surface area is 176 Å². The molecule has 0 saturated heterocycles. The molecule has 0 heterocycles. The van der Waals surface area contributed by atoms with E-state index in [9.17, 15) is 9.59 Å². The van der Waals surface area contributed by atoms with E-state index in [4.69, 9.17) is 21.1 Å². The molecule has 148 valence electrons. The van der Waals surface area contributed by atoms with E-state index in [2.05, 4.69) is 31.8 Å². The number of methoxy groups -OCH3 is 2. The van der Waals surface area contributed by atoms with Gasteiger partial charge in [0.2, 0.25) is 11.8 Å². The molecule has 0 aliphatic heterocycles. The molecule has 0 saturated carbocycles. The number of amides is 2. The van der Waals surface area contributed by atoms with Crippen LogP contribution in [0.1, 0.15) is 18.4 Å². The lowest BCUT2D eigenvalue weighted by Crippen LogP contribution is -2.20. The Bertz CT molecular complexity index is 889. The number of ether oxygens (including phenoxy) is 2. The molecule has 2 aromatic rings. The summed E-state index contributed by atoms with van der Waals surface area (Å²) >= 11 is 9.24. The van der Waals surface area contributed by atoms with Gasteiger partial charge < -0.3 is 14.8 Å². The topological polar surface area (TPSA) is 89.0 Å². The van der Waals surface area contributed by atoms with Gasteiger partial charge in [-0.15, -0.1) is 0 Å². The molecular weight excluding hydrogens is 450 g/mol. The fourth-order valence-corrected chi connectivity index (χ4v) is 2.94. The number of nitrogens with zero attached hydrogens (tertiary/aromatic N) is 1. The third-order valence-corrected chi connectivity index (χ3v) is 4.44. The maximum atomic E-state index is 11.9. The Hall–Kier alpha value is -2.58. The molecule has 9 heteroatoms. The van der Waals surface area contributed by atoms with E-state index in [0.717, 1.165) is 4.47 Å². The molecule has 0 atom stereocenters. The summed E-state index contributed by atoms with van der Waals surface area (Å²) in [6, 6.07) is 10.2. The van der Waals surface area contributed by atoms with Gasteiger partial charge in [0, 0.05) is 35.2 Å². The summed E-state index contributed by atoms with van der Waals surface area (Å²) < 4.78 is 11.2. The van der Waals surface area contributed by atoms with Crippen molar-refractivity contribution >= 4 is 51.2 Å². The summed E-state index contributed by atoms with van der Waals surface area (Å²) in [7, 11) is 3.08. The Morgan fingerprint density at radius 3 is 2.50 bits per heavy atom. The zero-order valence-electron chi connectivity index (χ0n) is 15.3. The molecule has 2 rings (SSSR count). The van der Waals surface area contributed by atoms with Crippen molar-refractivity contribution in [3.8, 4) is 11.5 Å². The van der Waals surface area contributed by atoms with Gasteiger partial charge in [-0.25, -0.2) is 5.43 Å². The number of hydrazone groups is 1. The number of nitrogens with one attached hydrogen (secondary N) is 2. The van der Waals surface area contributed by atoms with Gasteiger partial charge in [-0.05, 0) is 40.2 Å². The molecule has 0 radical (unpaired) electrons. The van der Waals surface area contributed by atoms with Crippen LogP contribution in [0, 0.1) is 0 Å². The smallest absolute Gasteiger partial charge is 0.240 e. The second kappa shape index (κ2) is 10.7. The minimum Gasteiger partial charge on any atom is -0.496 e. The third kappa shape index (κ3) is 6.54. The maximum absolute atomic E-state index is 11.9. The highest BCUT2D eigenvalue weighted by Crippen LogP contribution is 2.31. The highest BCUT2D eigenvalue weighted by atomic mass is 79.9. The van der Waals surface area contributed by atoms with Crippen LogP contribution in [0.5, 0.6) is 11.5 Å². The molecule has 0 spiro atoms. The molecule has 0 aliphatic carbocycles.